The van der Waals surface area contributed by atoms with Crippen LogP contribution < -0.4 is 5.32 Å². The van der Waals surface area contributed by atoms with E-state index in [0.29, 0.717) is 13.0 Å². The van der Waals surface area contributed by atoms with Crippen LogP contribution in [-0.4, -0.2) is 37.2 Å². The van der Waals surface area contributed by atoms with Crippen molar-refractivity contribution in [3.63, 3.8) is 0 Å². The Kier molecular flexibility index (Phi) is 4.85. The number of hydrogen-bond acceptors (Lipinski definition) is 5. The number of furan rings is 1. The largest absolute Gasteiger partial charge is 0.490 e. The molecular formula is C16H23NO4. The number of nitrogens with one attached hydrogen (secondary N) is 1. The average Bonchev–Trinajstić information content (AvgIpc) is 2.85. The Hall–Kier alpha value is -1.59. The summed E-state index contributed by atoms with van der Waals surface area (Å²) < 4.78 is 16.7. The average molecular weight is 293 g/mol. The molecule has 1 saturated heterocycles. The molecule has 1 fully saturated rings. The lowest BCUT2D eigenvalue weighted by Crippen LogP contribution is -2.52. The monoisotopic (exact) mass is 293 g/mol. The van der Waals surface area contributed by atoms with Gasteiger partial charge in [0.1, 0.15) is 5.76 Å². The minimum Gasteiger partial charge on any atom is -0.490 e. The summed E-state index contributed by atoms with van der Waals surface area (Å²) in [7, 11) is 0. The fourth-order valence-corrected chi connectivity index (χ4v) is 2.55. The molecule has 1 N–H and O–H groups in total. The first-order valence-electron chi connectivity index (χ1n) is 7.27. The normalized spacial score (nSPS) is 25.6. The molecular weight excluding hydrogens is 270 g/mol. The Morgan fingerprint density at radius 3 is 3.00 bits per heavy atom. The van der Waals surface area contributed by atoms with Crippen LogP contribution in [0.3, 0.4) is 0 Å². The summed E-state index contributed by atoms with van der Waals surface area (Å²) in [5.74, 6) is 0.767. The van der Waals surface area contributed by atoms with Crippen LogP contribution >= 0.6 is 0 Å². The molecule has 1 aliphatic rings. The van der Waals surface area contributed by atoms with Crippen LogP contribution in [0.1, 0.15) is 37.1 Å². The number of allylic oxidation sites excluding steroid dienone is 1. The van der Waals surface area contributed by atoms with Crippen molar-refractivity contribution in [3.8, 4) is 0 Å². The zero-order valence-corrected chi connectivity index (χ0v) is 12.9. The van der Waals surface area contributed by atoms with E-state index in [1.54, 1.807) is 19.1 Å². The van der Waals surface area contributed by atoms with Crippen LogP contribution in [-0.2, 0) is 15.9 Å². The maximum absolute atomic E-state index is 12.0. The van der Waals surface area contributed by atoms with Crippen LogP contribution in [0.2, 0.25) is 0 Å². The number of hydrogen-bond donors (Lipinski definition) is 1. The maximum Gasteiger partial charge on any atom is 0.261 e. The van der Waals surface area contributed by atoms with Gasteiger partial charge in [-0.25, -0.2) is 0 Å². The number of carbonyl (C=O) groups is 1. The van der Waals surface area contributed by atoms with Crippen molar-refractivity contribution in [1.82, 2.24) is 5.32 Å². The van der Waals surface area contributed by atoms with Crippen molar-refractivity contribution in [3.05, 3.63) is 36.0 Å². The van der Waals surface area contributed by atoms with Gasteiger partial charge in [-0.3, -0.25) is 4.79 Å². The van der Waals surface area contributed by atoms with Crippen molar-refractivity contribution < 1.29 is 18.7 Å². The summed E-state index contributed by atoms with van der Waals surface area (Å²) in [6.07, 6.45) is 0.774. The Balaban J connectivity index is 2.03. The predicted octanol–water partition coefficient (Wildman–Crippen LogP) is 2.32. The van der Waals surface area contributed by atoms with Crippen LogP contribution in [0.15, 0.2) is 28.9 Å². The highest BCUT2D eigenvalue weighted by Gasteiger charge is 2.32. The minimum absolute atomic E-state index is 0.105. The van der Waals surface area contributed by atoms with Gasteiger partial charge in [-0.1, -0.05) is 6.58 Å². The van der Waals surface area contributed by atoms with Crippen LogP contribution in [0.25, 0.3) is 0 Å². The fraction of sp³-hybridized carbons (Fsp3) is 0.562. The van der Waals surface area contributed by atoms with Crippen molar-refractivity contribution in [2.45, 2.75) is 38.9 Å². The molecule has 1 aromatic rings. The van der Waals surface area contributed by atoms with E-state index in [1.165, 1.54) is 0 Å². The first-order chi connectivity index (χ1) is 9.93. The summed E-state index contributed by atoms with van der Waals surface area (Å²) in [6, 6.07) is 3.46. The summed E-state index contributed by atoms with van der Waals surface area (Å²) in [6.45, 7) is 11.5. The third-order valence-corrected chi connectivity index (χ3v) is 3.42. The van der Waals surface area contributed by atoms with Gasteiger partial charge in [0.05, 0.1) is 18.3 Å². The van der Waals surface area contributed by atoms with E-state index in [9.17, 15) is 4.79 Å². The van der Waals surface area contributed by atoms with E-state index in [4.69, 9.17) is 13.9 Å². The highest BCUT2D eigenvalue weighted by atomic mass is 16.5. The minimum atomic E-state index is -0.327. The number of Topliss-reactive ketones (excluding diaryl/α,β-unsaturated/α-hetero) is 1. The summed E-state index contributed by atoms with van der Waals surface area (Å²) in [4.78, 5) is 12.0. The van der Waals surface area contributed by atoms with Crippen LogP contribution in [0.4, 0.5) is 0 Å². The SMILES string of the molecule is C=C(OCC)C(=O)c1ccc(CC2(C)CNCC(C)O2)o1. The van der Waals surface area contributed by atoms with E-state index in [-0.39, 0.29) is 29.0 Å². The van der Waals surface area contributed by atoms with Crippen molar-refractivity contribution in [2.24, 2.45) is 0 Å². The molecule has 0 aliphatic carbocycles. The number of rotatable bonds is 6. The van der Waals surface area contributed by atoms with Crippen molar-refractivity contribution in [1.29, 1.82) is 0 Å². The Morgan fingerprint density at radius 1 is 1.57 bits per heavy atom. The van der Waals surface area contributed by atoms with Gasteiger partial charge in [0.2, 0.25) is 0 Å². The van der Waals surface area contributed by atoms with Gasteiger partial charge in [0, 0.05) is 19.5 Å². The molecule has 0 aromatic carbocycles. The smallest absolute Gasteiger partial charge is 0.261 e. The number of ether oxygens (including phenoxy) is 2. The second kappa shape index (κ2) is 6.45. The Morgan fingerprint density at radius 2 is 2.33 bits per heavy atom. The topological polar surface area (TPSA) is 60.7 Å². The molecule has 0 amide bonds. The first kappa shape index (κ1) is 15.8. The molecule has 2 heterocycles. The lowest BCUT2D eigenvalue weighted by Gasteiger charge is -2.37. The molecule has 2 rings (SSSR count). The van der Waals surface area contributed by atoms with Crippen molar-refractivity contribution in [2.75, 3.05) is 19.7 Å². The zero-order chi connectivity index (χ0) is 15.5. The van der Waals surface area contributed by atoms with Gasteiger partial charge in [-0.15, -0.1) is 0 Å². The first-order valence-corrected chi connectivity index (χ1v) is 7.27. The molecule has 0 saturated carbocycles. The Bertz CT molecular complexity index is 522. The second-order valence-corrected chi connectivity index (χ2v) is 5.64. The lowest BCUT2D eigenvalue weighted by molar-refractivity contribution is -0.0985. The molecule has 2 atom stereocenters. The van der Waals surface area contributed by atoms with Gasteiger partial charge in [0.25, 0.3) is 5.78 Å². The molecule has 1 aromatic heterocycles. The fourth-order valence-electron chi connectivity index (χ4n) is 2.55. The van der Waals surface area contributed by atoms with Gasteiger partial charge < -0.3 is 19.2 Å². The third-order valence-electron chi connectivity index (χ3n) is 3.42. The maximum atomic E-state index is 12.0. The Labute approximate surface area is 125 Å². The number of carbonyl (C=O) groups excluding carboxylic acids is 1. The molecule has 0 bridgehead atoms. The van der Waals surface area contributed by atoms with Crippen molar-refractivity contribution >= 4 is 5.78 Å². The molecule has 2 unspecified atom stereocenters. The number of morpholine rings is 1. The standard InChI is InChI=1S/C16H23NO4/c1-5-19-12(3)15(18)14-7-6-13(20-14)8-16(4)10-17-9-11(2)21-16/h6-7,11,17H,3,5,8-10H2,1-2,4H3. The van der Waals surface area contributed by atoms with Crippen LogP contribution in [0.5, 0.6) is 0 Å². The molecule has 5 heteroatoms. The van der Waals surface area contributed by atoms with E-state index >= 15 is 0 Å². The number of ketones is 1. The lowest BCUT2D eigenvalue weighted by atomic mass is 9.98. The van der Waals surface area contributed by atoms with E-state index in [2.05, 4.69) is 11.9 Å². The highest BCUT2D eigenvalue weighted by Crippen LogP contribution is 2.23. The van der Waals surface area contributed by atoms with Gasteiger partial charge in [-0.05, 0) is 32.9 Å². The molecule has 0 spiro atoms. The van der Waals surface area contributed by atoms with E-state index in [1.807, 2.05) is 13.8 Å². The summed E-state index contributed by atoms with van der Waals surface area (Å²) in [5.41, 5.74) is -0.327. The third kappa shape index (κ3) is 3.95. The molecule has 21 heavy (non-hydrogen) atoms. The van der Waals surface area contributed by atoms with Gasteiger partial charge >= 0.3 is 0 Å². The van der Waals surface area contributed by atoms with E-state index < -0.39 is 0 Å². The second-order valence-electron chi connectivity index (χ2n) is 5.64. The quantitative estimate of drug-likeness (QED) is 0.495. The predicted molar refractivity (Wildman–Crippen MR) is 79.3 cm³/mol. The molecule has 1 aliphatic heterocycles. The molecule has 116 valence electrons. The highest BCUT2D eigenvalue weighted by molar-refractivity contribution is 6.04. The van der Waals surface area contributed by atoms with E-state index in [0.717, 1.165) is 18.8 Å². The van der Waals surface area contributed by atoms with Gasteiger partial charge in [0.15, 0.2) is 11.5 Å². The molecule has 5 nitrogen and oxygen atoms in total. The summed E-state index contributed by atoms with van der Waals surface area (Å²) in [5, 5.41) is 3.34. The molecule has 0 radical (unpaired) electrons. The van der Waals surface area contributed by atoms with Crippen LogP contribution in [0, 0.1) is 0 Å². The zero-order valence-electron chi connectivity index (χ0n) is 12.9. The summed E-state index contributed by atoms with van der Waals surface area (Å²) >= 11 is 0. The van der Waals surface area contributed by atoms with Gasteiger partial charge in [-0.2, -0.15) is 0 Å².